The summed E-state index contributed by atoms with van der Waals surface area (Å²) in [4.78, 5) is 29.9. The summed E-state index contributed by atoms with van der Waals surface area (Å²) in [5.41, 5.74) is 1.07. The van der Waals surface area contributed by atoms with Gasteiger partial charge in [0.15, 0.2) is 0 Å². The number of rotatable bonds is 6. The molecule has 1 atom stereocenters. The second-order valence-corrected chi connectivity index (χ2v) is 7.93. The lowest BCUT2D eigenvalue weighted by Crippen LogP contribution is -2.35. The molecule has 0 spiro atoms. The van der Waals surface area contributed by atoms with E-state index in [0.29, 0.717) is 35.8 Å². The quantitative estimate of drug-likeness (QED) is 0.819. The van der Waals surface area contributed by atoms with E-state index in [1.807, 2.05) is 25.5 Å². The Morgan fingerprint density at radius 1 is 1.38 bits per heavy atom. The molecule has 0 aliphatic carbocycles. The molecule has 1 aromatic carbocycles. The van der Waals surface area contributed by atoms with E-state index in [0.717, 1.165) is 6.42 Å². The molecule has 1 unspecified atom stereocenters. The third kappa shape index (κ3) is 4.09. The maximum absolute atomic E-state index is 12.8. The first-order valence-electron chi connectivity index (χ1n) is 8.55. The number of thiophene rings is 1. The Morgan fingerprint density at radius 3 is 2.81 bits per heavy atom. The average molecular weight is 392 g/mol. The molecule has 7 heteroatoms. The fraction of sp³-hybridized carbons (Fsp3) is 0.368. The van der Waals surface area contributed by atoms with Crippen molar-refractivity contribution in [1.29, 1.82) is 0 Å². The molecule has 0 bridgehead atoms. The van der Waals surface area contributed by atoms with Crippen molar-refractivity contribution in [1.82, 2.24) is 10.2 Å². The van der Waals surface area contributed by atoms with E-state index in [1.165, 1.54) is 4.88 Å². The molecule has 1 aromatic heterocycles. The maximum Gasteiger partial charge on any atom is 0.253 e. The summed E-state index contributed by atoms with van der Waals surface area (Å²) < 4.78 is 0. The van der Waals surface area contributed by atoms with Crippen molar-refractivity contribution in [3.8, 4) is 0 Å². The number of carbonyl (C=O) groups excluding carboxylic acids is 2. The Labute approximate surface area is 162 Å². The number of amides is 2. The van der Waals surface area contributed by atoms with Gasteiger partial charge in [-0.1, -0.05) is 17.7 Å². The molecular weight excluding hydrogens is 370 g/mol. The minimum Gasteiger partial charge on any atom is -0.350 e. The normalized spacial score (nSPS) is 15.5. The highest BCUT2D eigenvalue weighted by Crippen LogP contribution is 2.29. The average Bonchev–Trinajstić information content (AvgIpc) is 3.26. The number of carbonyl (C=O) groups is 2. The van der Waals surface area contributed by atoms with E-state index < -0.39 is 0 Å². The highest BCUT2D eigenvalue weighted by atomic mass is 35.5. The lowest BCUT2D eigenvalue weighted by molar-refractivity contribution is -0.117. The molecular formula is C19H22ClN3O2S. The zero-order valence-electron chi connectivity index (χ0n) is 14.9. The number of anilines is 1. The van der Waals surface area contributed by atoms with Crippen LogP contribution in [0.4, 0.5) is 5.69 Å². The first kappa shape index (κ1) is 18.9. The number of benzene rings is 1. The van der Waals surface area contributed by atoms with Crippen molar-refractivity contribution in [3.63, 3.8) is 0 Å². The van der Waals surface area contributed by atoms with Crippen molar-refractivity contribution in [2.24, 2.45) is 0 Å². The minimum atomic E-state index is -0.195. The van der Waals surface area contributed by atoms with Gasteiger partial charge in [0.2, 0.25) is 5.91 Å². The van der Waals surface area contributed by atoms with E-state index in [-0.39, 0.29) is 17.9 Å². The van der Waals surface area contributed by atoms with Crippen molar-refractivity contribution >= 4 is 40.4 Å². The standard InChI is InChI=1S/C19H22ClN3O2S/c1-22(2)16(17-5-4-10-26-17)12-21-19(25)14-8-7-13(20)11-15(14)23-9-3-6-18(23)24/h4-5,7-8,10-11,16H,3,6,9,12H2,1-2H3,(H,21,25). The molecule has 1 N–H and O–H groups in total. The largest absolute Gasteiger partial charge is 0.350 e. The van der Waals surface area contributed by atoms with Gasteiger partial charge in [-0.2, -0.15) is 0 Å². The van der Waals surface area contributed by atoms with Crippen LogP contribution in [0.15, 0.2) is 35.7 Å². The molecule has 3 rings (SSSR count). The molecule has 2 amide bonds. The molecule has 2 aromatic rings. The van der Waals surface area contributed by atoms with E-state index in [2.05, 4.69) is 16.3 Å². The molecule has 5 nitrogen and oxygen atoms in total. The number of hydrogen-bond acceptors (Lipinski definition) is 4. The molecule has 138 valence electrons. The zero-order valence-corrected chi connectivity index (χ0v) is 16.4. The van der Waals surface area contributed by atoms with Gasteiger partial charge in [0.25, 0.3) is 5.91 Å². The summed E-state index contributed by atoms with van der Waals surface area (Å²) in [7, 11) is 3.99. The molecule has 1 aliphatic rings. The fourth-order valence-electron chi connectivity index (χ4n) is 3.13. The third-order valence-electron chi connectivity index (χ3n) is 4.52. The number of nitrogens with zero attached hydrogens (tertiary/aromatic N) is 2. The minimum absolute atomic E-state index is 0.0334. The first-order chi connectivity index (χ1) is 12.5. The first-order valence-corrected chi connectivity index (χ1v) is 9.81. The second kappa shape index (κ2) is 8.20. The van der Waals surface area contributed by atoms with Crippen molar-refractivity contribution < 1.29 is 9.59 Å². The summed E-state index contributed by atoms with van der Waals surface area (Å²) in [6, 6.07) is 9.25. The van der Waals surface area contributed by atoms with E-state index >= 15 is 0 Å². The number of likely N-dealkylation sites (N-methyl/N-ethyl adjacent to an activating group) is 1. The van der Waals surface area contributed by atoms with Gasteiger partial charge in [-0.3, -0.25) is 9.59 Å². The fourth-order valence-corrected chi connectivity index (χ4v) is 4.22. The summed E-state index contributed by atoms with van der Waals surface area (Å²) in [6.07, 6.45) is 1.31. The van der Waals surface area contributed by atoms with Crippen molar-refractivity contribution in [3.05, 3.63) is 51.2 Å². The van der Waals surface area contributed by atoms with Crippen LogP contribution in [0.1, 0.15) is 34.1 Å². The predicted molar refractivity (Wildman–Crippen MR) is 106 cm³/mol. The maximum atomic E-state index is 12.8. The summed E-state index contributed by atoms with van der Waals surface area (Å²) in [5.74, 6) is -0.161. The lowest BCUT2D eigenvalue weighted by atomic mass is 10.1. The summed E-state index contributed by atoms with van der Waals surface area (Å²) in [5, 5.41) is 5.56. The van der Waals surface area contributed by atoms with Gasteiger partial charge in [0, 0.05) is 29.4 Å². The third-order valence-corrected chi connectivity index (χ3v) is 5.73. The van der Waals surface area contributed by atoms with Crippen LogP contribution in [0.25, 0.3) is 0 Å². The number of halogens is 1. The topological polar surface area (TPSA) is 52.7 Å². The predicted octanol–water partition coefficient (Wildman–Crippen LogP) is 3.56. The van der Waals surface area contributed by atoms with Gasteiger partial charge in [-0.25, -0.2) is 0 Å². The molecule has 1 fully saturated rings. The van der Waals surface area contributed by atoms with Crippen LogP contribution >= 0.6 is 22.9 Å². The van der Waals surface area contributed by atoms with Gasteiger partial charge < -0.3 is 15.1 Å². The number of nitrogens with one attached hydrogen (secondary N) is 1. The second-order valence-electron chi connectivity index (χ2n) is 6.52. The van der Waals surface area contributed by atoms with Gasteiger partial charge in [0.05, 0.1) is 17.3 Å². The van der Waals surface area contributed by atoms with Crippen LogP contribution in [-0.2, 0) is 4.79 Å². The molecule has 1 aliphatic heterocycles. The van der Waals surface area contributed by atoms with Crippen molar-refractivity contribution in [2.45, 2.75) is 18.9 Å². The Balaban J connectivity index is 1.78. The van der Waals surface area contributed by atoms with Crippen LogP contribution < -0.4 is 10.2 Å². The molecule has 0 saturated carbocycles. The van der Waals surface area contributed by atoms with Crippen molar-refractivity contribution in [2.75, 3.05) is 32.1 Å². The monoisotopic (exact) mass is 391 g/mol. The SMILES string of the molecule is CN(C)C(CNC(=O)c1ccc(Cl)cc1N1CCCC1=O)c1cccs1. The highest BCUT2D eigenvalue weighted by molar-refractivity contribution is 7.10. The van der Waals surface area contributed by atoms with Gasteiger partial charge in [-0.15, -0.1) is 11.3 Å². The van der Waals surface area contributed by atoms with Gasteiger partial charge in [0.1, 0.15) is 0 Å². The molecule has 26 heavy (non-hydrogen) atoms. The van der Waals surface area contributed by atoms with Gasteiger partial charge >= 0.3 is 0 Å². The molecule has 1 saturated heterocycles. The van der Waals surface area contributed by atoms with Gasteiger partial charge in [-0.05, 0) is 50.2 Å². The van der Waals surface area contributed by atoms with Crippen LogP contribution in [0.5, 0.6) is 0 Å². The van der Waals surface area contributed by atoms with E-state index in [9.17, 15) is 9.59 Å². The molecule has 0 radical (unpaired) electrons. The Hall–Kier alpha value is -1.89. The van der Waals surface area contributed by atoms with E-state index in [4.69, 9.17) is 11.6 Å². The Morgan fingerprint density at radius 2 is 2.19 bits per heavy atom. The Kier molecular flexibility index (Phi) is 5.96. The van der Waals surface area contributed by atoms with Crippen LogP contribution in [0.3, 0.4) is 0 Å². The van der Waals surface area contributed by atoms with Crippen LogP contribution in [-0.4, -0.2) is 43.9 Å². The molecule has 2 heterocycles. The Bertz CT molecular complexity index is 792. The number of hydrogen-bond donors (Lipinski definition) is 1. The van der Waals surface area contributed by atoms with E-state index in [1.54, 1.807) is 34.4 Å². The van der Waals surface area contributed by atoms with Crippen LogP contribution in [0, 0.1) is 0 Å². The van der Waals surface area contributed by atoms with Crippen LogP contribution in [0.2, 0.25) is 5.02 Å². The zero-order chi connectivity index (χ0) is 18.7. The lowest BCUT2D eigenvalue weighted by Gasteiger charge is -2.24. The summed E-state index contributed by atoms with van der Waals surface area (Å²) >= 11 is 7.78. The summed E-state index contributed by atoms with van der Waals surface area (Å²) in [6.45, 7) is 1.11. The smallest absolute Gasteiger partial charge is 0.253 e. The highest BCUT2D eigenvalue weighted by Gasteiger charge is 2.26.